The number of hydrogen-bond donors (Lipinski definition) is 0. The number of fused-ring (bicyclic) bond motifs is 1. The summed E-state index contributed by atoms with van der Waals surface area (Å²) in [4.78, 5) is 4.60. The van der Waals surface area contributed by atoms with Crippen LogP contribution in [0.4, 0.5) is 0 Å². The highest BCUT2D eigenvalue weighted by Crippen LogP contribution is 2.36. The lowest BCUT2D eigenvalue weighted by atomic mass is 10.2. The Bertz CT molecular complexity index is 619. The zero-order chi connectivity index (χ0) is 17.7. The van der Waals surface area contributed by atoms with Crippen LogP contribution in [0, 0.1) is 17.8 Å². The Morgan fingerprint density at radius 3 is 1.92 bits per heavy atom. The van der Waals surface area contributed by atoms with Crippen molar-refractivity contribution >= 4 is 19.2 Å². The number of benzene rings is 1. The van der Waals surface area contributed by atoms with Crippen molar-refractivity contribution in [3.63, 3.8) is 0 Å². The monoisotopic (exact) mass is 343 g/mol. The molecule has 2 nitrogen and oxygen atoms in total. The molecule has 132 valence electrons. The van der Waals surface area contributed by atoms with Crippen LogP contribution in [0.3, 0.4) is 0 Å². The number of hydrogen-bond acceptors (Lipinski definition) is 2. The Labute approximate surface area is 148 Å². The number of pyridine rings is 1. The van der Waals surface area contributed by atoms with Gasteiger partial charge in [0.2, 0.25) is 0 Å². The van der Waals surface area contributed by atoms with E-state index in [4.69, 9.17) is 4.43 Å². The van der Waals surface area contributed by atoms with Crippen molar-refractivity contribution in [2.24, 2.45) is 17.8 Å². The maximum absolute atomic E-state index is 6.92. The van der Waals surface area contributed by atoms with Gasteiger partial charge in [0, 0.05) is 11.6 Å². The molecule has 0 spiro atoms. The van der Waals surface area contributed by atoms with Gasteiger partial charge in [0.25, 0.3) is 8.32 Å². The standard InChI is InChI=1S/C21H33NOSi/c1-16(2)13-24(14-17(3)4,15-18(5)6)23-20-11-7-9-19-10-8-12-22-21(19)20/h7-12,16-18H,13-15H2,1-6H3. The van der Waals surface area contributed by atoms with Crippen molar-refractivity contribution in [2.75, 3.05) is 0 Å². The maximum atomic E-state index is 6.92. The summed E-state index contributed by atoms with van der Waals surface area (Å²) < 4.78 is 6.92. The van der Waals surface area contributed by atoms with Crippen LogP contribution in [-0.4, -0.2) is 13.3 Å². The van der Waals surface area contributed by atoms with Crippen LogP contribution >= 0.6 is 0 Å². The van der Waals surface area contributed by atoms with Crippen molar-refractivity contribution in [3.8, 4) is 5.75 Å². The van der Waals surface area contributed by atoms with Crippen LogP contribution in [0.25, 0.3) is 10.9 Å². The molecule has 1 heterocycles. The molecule has 0 N–H and O–H groups in total. The van der Waals surface area contributed by atoms with Gasteiger partial charge in [0.1, 0.15) is 11.3 Å². The molecule has 0 unspecified atom stereocenters. The second-order valence-corrected chi connectivity index (χ2v) is 12.2. The van der Waals surface area contributed by atoms with Gasteiger partial charge >= 0.3 is 0 Å². The van der Waals surface area contributed by atoms with Gasteiger partial charge in [-0.1, -0.05) is 59.7 Å². The molecule has 1 aromatic heterocycles. The quantitative estimate of drug-likeness (QED) is 0.508. The summed E-state index contributed by atoms with van der Waals surface area (Å²) in [6.07, 6.45) is 1.87. The summed E-state index contributed by atoms with van der Waals surface area (Å²) >= 11 is 0. The molecule has 0 saturated heterocycles. The fourth-order valence-electron chi connectivity index (χ4n) is 4.00. The highest BCUT2D eigenvalue weighted by Gasteiger charge is 2.39. The van der Waals surface area contributed by atoms with E-state index < -0.39 is 8.32 Å². The van der Waals surface area contributed by atoms with E-state index >= 15 is 0 Å². The Morgan fingerprint density at radius 2 is 1.38 bits per heavy atom. The second kappa shape index (κ2) is 8.15. The normalized spacial score (nSPS) is 12.5. The van der Waals surface area contributed by atoms with E-state index in [2.05, 4.69) is 70.8 Å². The topological polar surface area (TPSA) is 22.1 Å². The summed E-state index contributed by atoms with van der Waals surface area (Å²) in [6, 6.07) is 14.1. The van der Waals surface area contributed by atoms with Crippen molar-refractivity contribution in [3.05, 3.63) is 36.5 Å². The van der Waals surface area contributed by atoms with Gasteiger partial charge in [0.05, 0.1) is 0 Å². The van der Waals surface area contributed by atoms with Crippen molar-refractivity contribution in [2.45, 2.75) is 59.7 Å². The number of para-hydroxylation sites is 1. The van der Waals surface area contributed by atoms with Gasteiger partial charge in [-0.3, -0.25) is 4.98 Å². The summed E-state index contributed by atoms with van der Waals surface area (Å²) in [5.41, 5.74) is 1.01. The molecule has 0 bridgehead atoms. The minimum Gasteiger partial charge on any atom is -0.542 e. The molecule has 0 radical (unpaired) electrons. The maximum Gasteiger partial charge on any atom is 0.252 e. The SMILES string of the molecule is CC(C)C[Si](CC(C)C)(CC(C)C)Oc1cccc2cccnc12. The molecule has 0 aliphatic heterocycles. The van der Waals surface area contributed by atoms with E-state index in [0.717, 1.165) is 16.7 Å². The molecule has 0 amide bonds. The van der Waals surface area contributed by atoms with E-state index in [9.17, 15) is 0 Å². The first-order chi connectivity index (χ1) is 11.3. The summed E-state index contributed by atoms with van der Waals surface area (Å²) in [7, 11) is -1.88. The number of rotatable bonds is 8. The fraction of sp³-hybridized carbons (Fsp3) is 0.571. The minimum absolute atomic E-state index is 0.664. The smallest absolute Gasteiger partial charge is 0.252 e. The van der Waals surface area contributed by atoms with E-state index in [1.807, 2.05) is 12.3 Å². The van der Waals surface area contributed by atoms with Gasteiger partial charge in [-0.2, -0.15) is 0 Å². The molecule has 3 heteroatoms. The van der Waals surface area contributed by atoms with Gasteiger partial charge in [-0.15, -0.1) is 0 Å². The number of nitrogens with zero attached hydrogens (tertiary/aromatic N) is 1. The Hall–Kier alpha value is -1.35. The Kier molecular flexibility index (Phi) is 6.45. The Balaban J connectivity index is 2.44. The minimum atomic E-state index is -1.88. The largest absolute Gasteiger partial charge is 0.542 e. The molecule has 1 aromatic carbocycles. The second-order valence-electron chi connectivity index (χ2n) is 8.41. The fourth-order valence-corrected chi connectivity index (χ4v) is 9.84. The molecule has 0 aliphatic rings. The summed E-state index contributed by atoms with van der Waals surface area (Å²) in [5, 5.41) is 1.16. The lowest BCUT2D eigenvalue weighted by Gasteiger charge is -2.36. The van der Waals surface area contributed by atoms with Crippen LogP contribution < -0.4 is 4.43 Å². The molecular weight excluding hydrogens is 310 g/mol. The third-order valence-corrected chi connectivity index (χ3v) is 9.60. The average molecular weight is 344 g/mol. The van der Waals surface area contributed by atoms with Crippen LogP contribution in [0.5, 0.6) is 5.75 Å². The van der Waals surface area contributed by atoms with E-state index in [1.54, 1.807) is 0 Å². The van der Waals surface area contributed by atoms with Gasteiger partial charge in [0.15, 0.2) is 0 Å². The predicted octanol–water partition coefficient (Wildman–Crippen LogP) is 6.53. The van der Waals surface area contributed by atoms with E-state index in [0.29, 0.717) is 17.8 Å². The predicted molar refractivity (Wildman–Crippen MR) is 107 cm³/mol. The van der Waals surface area contributed by atoms with Crippen LogP contribution in [-0.2, 0) is 0 Å². The molecule has 0 fully saturated rings. The van der Waals surface area contributed by atoms with Gasteiger partial charge < -0.3 is 4.43 Å². The molecule has 0 saturated carbocycles. The first-order valence-electron chi connectivity index (χ1n) is 9.34. The highest BCUT2D eigenvalue weighted by atomic mass is 28.4. The highest BCUT2D eigenvalue weighted by molar-refractivity contribution is 6.74. The van der Waals surface area contributed by atoms with Crippen LogP contribution in [0.15, 0.2) is 36.5 Å². The first kappa shape index (κ1) is 19.0. The van der Waals surface area contributed by atoms with Crippen molar-refractivity contribution < 1.29 is 4.43 Å². The van der Waals surface area contributed by atoms with Crippen molar-refractivity contribution in [1.29, 1.82) is 0 Å². The third kappa shape index (κ3) is 5.07. The summed E-state index contributed by atoms with van der Waals surface area (Å²) in [5.74, 6) is 2.98. The molecule has 24 heavy (non-hydrogen) atoms. The molecule has 0 atom stereocenters. The first-order valence-corrected chi connectivity index (χ1v) is 11.9. The lowest BCUT2D eigenvalue weighted by molar-refractivity contribution is 0.477. The zero-order valence-corrected chi connectivity index (χ0v) is 17.2. The molecule has 2 rings (SSSR count). The molecular formula is C21H33NOSi. The molecule has 2 aromatic rings. The zero-order valence-electron chi connectivity index (χ0n) is 16.2. The van der Waals surface area contributed by atoms with Gasteiger partial charge in [-0.05, 0) is 48.0 Å². The lowest BCUT2D eigenvalue weighted by Crippen LogP contribution is -2.45. The van der Waals surface area contributed by atoms with Crippen LogP contribution in [0.1, 0.15) is 41.5 Å². The average Bonchev–Trinajstić information content (AvgIpc) is 2.45. The Morgan fingerprint density at radius 1 is 0.833 bits per heavy atom. The van der Waals surface area contributed by atoms with E-state index in [1.165, 1.54) is 18.1 Å². The van der Waals surface area contributed by atoms with Crippen molar-refractivity contribution in [1.82, 2.24) is 4.98 Å². The van der Waals surface area contributed by atoms with Gasteiger partial charge in [-0.25, -0.2) is 0 Å². The molecule has 0 aliphatic carbocycles. The summed E-state index contributed by atoms with van der Waals surface area (Å²) in [6.45, 7) is 14.0. The number of aromatic nitrogens is 1. The van der Waals surface area contributed by atoms with E-state index in [-0.39, 0.29) is 0 Å². The third-order valence-electron chi connectivity index (χ3n) is 4.26. The van der Waals surface area contributed by atoms with Crippen LogP contribution in [0.2, 0.25) is 18.1 Å².